The van der Waals surface area contributed by atoms with E-state index in [9.17, 15) is 9.59 Å². The summed E-state index contributed by atoms with van der Waals surface area (Å²) in [6.45, 7) is 9.18. The third-order valence-electron chi connectivity index (χ3n) is 7.86. The second kappa shape index (κ2) is 4.68. The van der Waals surface area contributed by atoms with Crippen molar-refractivity contribution >= 4 is 23.6 Å². The Morgan fingerprint density at radius 1 is 1.26 bits per heavy atom. The monoisotopic (exact) mass is 336 g/mol. The molecule has 23 heavy (non-hydrogen) atoms. The summed E-state index contributed by atoms with van der Waals surface area (Å²) in [4.78, 5) is 26.9. The first kappa shape index (κ1) is 15.8. The number of thioether (sulfide) groups is 1. The number of carbonyl (C=O) groups is 2. The van der Waals surface area contributed by atoms with Crippen molar-refractivity contribution < 1.29 is 9.59 Å². The Labute approximate surface area is 143 Å². The number of fused-ring (bicyclic) bond motifs is 3. The summed E-state index contributed by atoms with van der Waals surface area (Å²) in [7, 11) is 0. The topological polar surface area (TPSA) is 49.4 Å². The molecule has 1 N–H and O–H groups in total. The standard InChI is InChI=1S/C18H28N2O2S/c1-16(2)11-5-7-17(16,3)13(9-11)19-15(22)12-10-23-18(4)8-6-14(21)20(12)18/h11-13H,5-10H2,1-4H3,(H,19,22)/t11-,12-,13-,17-,18-/m0/s1. The fraction of sp³-hybridized carbons (Fsp3) is 0.889. The number of rotatable bonds is 2. The molecular weight excluding hydrogens is 308 g/mol. The van der Waals surface area contributed by atoms with Gasteiger partial charge in [0, 0.05) is 18.2 Å². The second-order valence-electron chi connectivity index (χ2n) is 8.94. The SMILES string of the molecule is CC1(C)[C@H]2CC[C@@]1(C)[C@@H](NC(=O)[C@@H]1CS[C@@]3(C)CCC(=O)N13)C2. The first-order chi connectivity index (χ1) is 10.7. The van der Waals surface area contributed by atoms with Gasteiger partial charge in [0.15, 0.2) is 0 Å². The molecule has 0 aromatic carbocycles. The number of hydrogen-bond donors (Lipinski definition) is 1. The summed E-state index contributed by atoms with van der Waals surface area (Å²) in [5.74, 6) is 1.68. The van der Waals surface area contributed by atoms with E-state index in [0.29, 0.717) is 11.8 Å². The van der Waals surface area contributed by atoms with Gasteiger partial charge >= 0.3 is 0 Å². The molecule has 0 aromatic rings. The van der Waals surface area contributed by atoms with E-state index in [0.717, 1.165) is 24.5 Å². The summed E-state index contributed by atoms with van der Waals surface area (Å²) in [6.07, 6.45) is 5.05. The van der Waals surface area contributed by atoms with Crippen molar-refractivity contribution in [1.29, 1.82) is 0 Å². The minimum Gasteiger partial charge on any atom is -0.351 e. The Hall–Kier alpha value is -0.710. The molecule has 2 bridgehead atoms. The van der Waals surface area contributed by atoms with E-state index in [-0.39, 0.29) is 34.2 Å². The van der Waals surface area contributed by atoms with E-state index >= 15 is 0 Å². The molecule has 2 saturated heterocycles. The molecule has 0 aromatic heterocycles. The fourth-order valence-corrected chi connectivity index (χ4v) is 7.14. The van der Waals surface area contributed by atoms with E-state index in [4.69, 9.17) is 0 Å². The minimum atomic E-state index is -0.272. The van der Waals surface area contributed by atoms with Crippen molar-refractivity contribution in [2.24, 2.45) is 16.7 Å². The lowest BCUT2D eigenvalue weighted by Gasteiger charge is -2.40. The first-order valence-electron chi connectivity index (χ1n) is 8.95. The third kappa shape index (κ3) is 1.92. The van der Waals surface area contributed by atoms with Crippen LogP contribution < -0.4 is 5.32 Å². The maximum atomic E-state index is 12.9. The molecular formula is C18H28N2O2S. The molecule has 0 radical (unpaired) electrons. The Kier molecular flexibility index (Phi) is 3.21. The van der Waals surface area contributed by atoms with Gasteiger partial charge in [0.2, 0.25) is 11.8 Å². The summed E-state index contributed by atoms with van der Waals surface area (Å²) in [5, 5.41) is 3.35. The van der Waals surface area contributed by atoms with Gasteiger partial charge in [0.05, 0.1) is 4.87 Å². The van der Waals surface area contributed by atoms with Crippen LogP contribution in [0.2, 0.25) is 0 Å². The van der Waals surface area contributed by atoms with Crippen molar-refractivity contribution in [3.8, 4) is 0 Å². The lowest BCUT2D eigenvalue weighted by Crippen LogP contribution is -2.55. The predicted octanol–water partition coefficient (Wildman–Crippen LogP) is 2.77. The van der Waals surface area contributed by atoms with Gasteiger partial charge in [-0.15, -0.1) is 11.8 Å². The highest BCUT2D eigenvalue weighted by Gasteiger charge is 2.62. The third-order valence-corrected chi connectivity index (χ3v) is 9.36. The summed E-state index contributed by atoms with van der Waals surface area (Å²) in [6, 6.07) is -0.0100. The minimum absolute atomic E-state index is 0.0750. The zero-order chi connectivity index (χ0) is 16.6. The van der Waals surface area contributed by atoms with Gasteiger partial charge in [-0.25, -0.2) is 0 Å². The zero-order valence-electron chi connectivity index (χ0n) is 14.6. The van der Waals surface area contributed by atoms with Crippen molar-refractivity contribution in [3.63, 3.8) is 0 Å². The number of hydrogen-bond acceptors (Lipinski definition) is 3. The van der Waals surface area contributed by atoms with Gasteiger partial charge in [-0.2, -0.15) is 0 Å². The van der Waals surface area contributed by atoms with Gasteiger partial charge in [-0.1, -0.05) is 20.8 Å². The molecule has 2 aliphatic carbocycles. The van der Waals surface area contributed by atoms with Crippen molar-refractivity contribution in [2.45, 2.75) is 76.8 Å². The molecule has 0 spiro atoms. The predicted molar refractivity (Wildman–Crippen MR) is 91.9 cm³/mol. The molecule has 0 unspecified atom stereocenters. The Morgan fingerprint density at radius 3 is 2.61 bits per heavy atom. The second-order valence-corrected chi connectivity index (χ2v) is 10.4. The number of nitrogens with one attached hydrogen (secondary N) is 1. The molecule has 2 saturated carbocycles. The fourth-order valence-electron chi connectivity index (χ4n) is 5.70. The van der Waals surface area contributed by atoms with Crippen LogP contribution in [0.1, 0.15) is 59.8 Å². The number of amides is 2. The molecule has 4 rings (SSSR count). The largest absolute Gasteiger partial charge is 0.351 e. The van der Waals surface area contributed by atoms with E-state index in [1.54, 1.807) is 11.8 Å². The molecule has 5 heteroatoms. The van der Waals surface area contributed by atoms with Crippen molar-refractivity contribution in [2.75, 3.05) is 5.75 Å². The smallest absolute Gasteiger partial charge is 0.243 e. The molecule has 4 aliphatic rings. The molecule has 4 nitrogen and oxygen atoms in total. The number of nitrogens with zero attached hydrogens (tertiary/aromatic N) is 1. The highest BCUT2D eigenvalue weighted by atomic mass is 32.2. The van der Waals surface area contributed by atoms with Gasteiger partial charge < -0.3 is 10.2 Å². The van der Waals surface area contributed by atoms with Crippen LogP contribution in [0.3, 0.4) is 0 Å². The van der Waals surface area contributed by atoms with Crippen LogP contribution in [0, 0.1) is 16.7 Å². The van der Waals surface area contributed by atoms with Gasteiger partial charge in [-0.05, 0) is 49.4 Å². The van der Waals surface area contributed by atoms with E-state index in [2.05, 4.69) is 33.0 Å². The van der Waals surface area contributed by atoms with Crippen LogP contribution in [0.5, 0.6) is 0 Å². The van der Waals surface area contributed by atoms with Crippen molar-refractivity contribution in [3.05, 3.63) is 0 Å². The first-order valence-corrected chi connectivity index (χ1v) is 9.94. The summed E-state index contributed by atoms with van der Waals surface area (Å²) >= 11 is 1.77. The lowest BCUT2D eigenvalue weighted by molar-refractivity contribution is -0.138. The van der Waals surface area contributed by atoms with Crippen LogP contribution in [-0.4, -0.2) is 39.4 Å². The van der Waals surface area contributed by atoms with Crippen LogP contribution in [0.4, 0.5) is 0 Å². The average molecular weight is 337 g/mol. The summed E-state index contributed by atoms with van der Waals surface area (Å²) < 4.78 is 0. The van der Waals surface area contributed by atoms with Gasteiger partial charge in [-0.3, -0.25) is 9.59 Å². The lowest BCUT2D eigenvalue weighted by atomic mass is 9.69. The Balaban J connectivity index is 1.51. The maximum absolute atomic E-state index is 12.9. The Morgan fingerprint density at radius 2 is 2.00 bits per heavy atom. The highest BCUT2D eigenvalue weighted by molar-refractivity contribution is 8.01. The molecule has 2 aliphatic heterocycles. The van der Waals surface area contributed by atoms with Gasteiger partial charge in [0.25, 0.3) is 0 Å². The van der Waals surface area contributed by atoms with E-state index < -0.39 is 0 Å². The maximum Gasteiger partial charge on any atom is 0.243 e. The molecule has 2 heterocycles. The van der Waals surface area contributed by atoms with Gasteiger partial charge in [0.1, 0.15) is 6.04 Å². The van der Waals surface area contributed by atoms with Crippen LogP contribution in [-0.2, 0) is 9.59 Å². The zero-order valence-corrected chi connectivity index (χ0v) is 15.5. The van der Waals surface area contributed by atoms with E-state index in [1.807, 2.05) is 4.90 Å². The van der Waals surface area contributed by atoms with Crippen LogP contribution in [0.25, 0.3) is 0 Å². The van der Waals surface area contributed by atoms with E-state index in [1.165, 1.54) is 12.8 Å². The van der Waals surface area contributed by atoms with Crippen LogP contribution >= 0.6 is 11.8 Å². The quantitative estimate of drug-likeness (QED) is 0.843. The summed E-state index contributed by atoms with van der Waals surface area (Å²) in [5.41, 5.74) is 0.491. The molecule has 2 amide bonds. The Bertz CT molecular complexity index is 577. The normalized spacial score (nSPS) is 47.2. The van der Waals surface area contributed by atoms with Crippen molar-refractivity contribution in [1.82, 2.24) is 10.2 Å². The number of carbonyl (C=O) groups excluding carboxylic acids is 2. The molecule has 128 valence electrons. The average Bonchev–Trinajstić information content (AvgIpc) is 3.09. The molecule has 5 atom stereocenters. The highest BCUT2D eigenvalue weighted by Crippen LogP contribution is 2.65. The van der Waals surface area contributed by atoms with Crippen LogP contribution in [0.15, 0.2) is 0 Å². The molecule has 4 fully saturated rings.